The van der Waals surface area contributed by atoms with Gasteiger partial charge in [0.2, 0.25) is 0 Å². The summed E-state index contributed by atoms with van der Waals surface area (Å²) in [5.41, 5.74) is 2.65. The summed E-state index contributed by atoms with van der Waals surface area (Å²) in [6.45, 7) is 1.25. The van der Waals surface area contributed by atoms with Crippen LogP contribution in [0.4, 0.5) is 5.69 Å². The average molecular weight is 258 g/mol. The summed E-state index contributed by atoms with van der Waals surface area (Å²) in [6.07, 6.45) is 5.75. The van der Waals surface area contributed by atoms with E-state index in [1.165, 1.54) is 23.0 Å². The molecule has 0 unspecified atom stereocenters. The van der Waals surface area contributed by atoms with E-state index >= 15 is 0 Å². The van der Waals surface area contributed by atoms with Gasteiger partial charge in [-0.05, 0) is 18.9 Å². The van der Waals surface area contributed by atoms with Crippen LogP contribution in [-0.4, -0.2) is 29.9 Å². The van der Waals surface area contributed by atoms with E-state index in [4.69, 9.17) is 0 Å². The molecule has 1 saturated carbocycles. The maximum Gasteiger partial charge on any atom is 0.0623 e. The molecule has 19 heavy (non-hydrogen) atoms. The molecule has 0 amide bonds. The van der Waals surface area contributed by atoms with Crippen LogP contribution in [0.5, 0.6) is 0 Å². The lowest BCUT2D eigenvalue weighted by Gasteiger charge is -2.43. The van der Waals surface area contributed by atoms with Gasteiger partial charge in [0.25, 0.3) is 0 Å². The van der Waals surface area contributed by atoms with Crippen molar-refractivity contribution < 1.29 is 5.11 Å². The van der Waals surface area contributed by atoms with E-state index < -0.39 is 0 Å². The van der Waals surface area contributed by atoms with Gasteiger partial charge in [-0.3, -0.25) is 0 Å². The highest BCUT2D eigenvalue weighted by molar-refractivity contribution is 5.93. The molecule has 1 heterocycles. The smallest absolute Gasteiger partial charge is 0.0623 e. The predicted octanol–water partition coefficient (Wildman–Crippen LogP) is 2.78. The van der Waals surface area contributed by atoms with E-state index in [1.54, 1.807) is 0 Å². The Morgan fingerprint density at radius 2 is 2.05 bits per heavy atom. The van der Waals surface area contributed by atoms with Crippen LogP contribution in [0.1, 0.15) is 19.3 Å². The molecule has 2 aromatic rings. The topological polar surface area (TPSA) is 28.4 Å². The normalized spacial score (nSPS) is 17.4. The van der Waals surface area contributed by atoms with Crippen LogP contribution >= 0.6 is 0 Å². The van der Waals surface area contributed by atoms with Gasteiger partial charge in [-0.15, -0.1) is 0 Å². The van der Waals surface area contributed by atoms with Crippen LogP contribution in [0.2, 0.25) is 0 Å². The monoisotopic (exact) mass is 258 g/mol. The summed E-state index contributed by atoms with van der Waals surface area (Å²) >= 11 is 0. The summed E-state index contributed by atoms with van der Waals surface area (Å²) in [7, 11) is 4.22. The zero-order valence-electron chi connectivity index (χ0n) is 11.8. The summed E-state index contributed by atoms with van der Waals surface area (Å²) in [5.74, 6) is 0. The van der Waals surface area contributed by atoms with E-state index in [1.807, 2.05) is 0 Å². The molecule has 1 aromatic carbocycles. The Labute approximate surface area is 114 Å². The van der Waals surface area contributed by atoms with E-state index in [2.05, 4.69) is 54.0 Å². The zero-order chi connectivity index (χ0) is 13.5. The first-order chi connectivity index (χ1) is 9.15. The van der Waals surface area contributed by atoms with Gasteiger partial charge in [0, 0.05) is 43.2 Å². The number of para-hydroxylation sites is 1. The summed E-state index contributed by atoms with van der Waals surface area (Å²) in [5, 5.41) is 10.9. The minimum Gasteiger partial charge on any atom is -0.396 e. The summed E-state index contributed by atoms with van der Waals surface area (Å²) < 4.78 is 2.17. The van der Waals surface area contributed by atoms with Crippen molar-refractivity contribution in [3.05, 3.63) is 30.5 Å². The molecule has 1 fully saturated rings. The van der Waals surface area contributed by atoms with Crippen LogP contribution in [0.25, 0.3) is 10.9 Å². The minimum absolute atomic E-state index is 0.131. The Kier molecular flexibility index (Phi) is 3.02. The molecule has 3 nitrogen and oxygen atoms in total. The third-order valence-electron chi connectivity index (χ3n) is 4.61. The van der Waals surface area contributed by atoms with Crippen LogP contribution < -0.4 is 4.90 Å². The number of rotatable bonds is 4. The Morgan fingerprint density at radius 3 is 2.68 bits per heavy atom. The average Bonchev–Trinajstić information content (AvgIpc) is 2.72. The number of hydrogen-bond acceptors (Lipinski definition) is 2. The molecule has 3 heteroatoms. The molecule has 0 bridgehead atoms. The fourth-order valence-corrected chi connectivity index (χ4v) is 3.26. The van der Waals surface area contributed by atoms with Gasteiger partial charge in [0.05, 0.1) is 12.3 Å². The molecule has 3 rings (SSSR count). The fraction of sp³-hybridized carbons (Fsp3) is 0.500. The maximum absolute atomic E-state index is 9.62. The van der Waals surface area contributed by atoms with Gasteiger partial charge in [-0.1, -0.05) is 24.6 Å². The molecule has 102 valence electrons. The van der Waals surface area contributed by atoms with E-state index in [9.17, 15) is 5.11 Å². The van der Waals surface area contributed by atoms with Crippen LogP contribution in [0.3, 0.4) is 0 Å². The molecule has 0 atom stereocenters. The van der Waals surface area contributed by atoms with Crippen molar-refractivity contribution in [1.82, 2.24) is 4.57 Å². The van der Waals surface area contributed by atoms with Gasteiger partial charge in [-0.2, -0.15) is 0 Å². The van der Waals surface area contributed by atoms with Crippen molar-refractivity contribution in [3.63, 3.8) is 0 Å². The van der Waals surface area contributed by atoms with Gasteiger partial charge in [-0.25, -0.2) is 0 Å². The second-order valence-electron chi connectivity index (χ2n) is 6.01. The number of aliphatic hydroxyl groups excluding tert-OH is 1. The van der Waals surface area contributed by atoms with Crippen LogP contribution in [0, 0.1) is 5.41 Å². The van der Waals surface area contributed by atoms with Gasteiger partial charge < -0.3 is 14.6 Å². The molecular weight excluding hydrogens is 236 g/mol. The van der Waals surface area contributed by atoms with E-state index in [0.717, 1.165) is 19.4 Å². The number of fused-ring (bicyclic) bond motifs is 1. The number of hydrogen-bond donors (Lipinski definition) is 1. The lowest BCUT2D eigenvalue weighted by Crippen LogP contribution is -2.43. The Morgan fingerprint density at radius 1 is 1.32 bits per heavy atom. The Balaban J connectivity index is 1.91. The molecule has 0 spiro atoms. The lowest BCUT2D eigenvalue weighted by molar-refractivity contribution is 0.0524. The van der Waals surface area contributed by atoms with Crippen molar-refractivity contribution in [2.24, 2.45) is 12.5 Å². The fourth-order valence-electron chi connectivity index (χ4n) is 3.26. The summed E-state index contributed by atoms with van der Waals surface area (Å²) in [6, 6.07) is 8.49. The molecule has 1 N–H and O–H groups in total. The van der Waals surface area contributed by atoms with Crippen molar-refractivity contribution in [1.29, 1.82) is 0 Å². The first-order valence-electron chi connectivity index (χ1n) is 7.01. The molecule has 0 aliphatic heterocycles. The Hall–Kier alpha value is -1.48. The SMILES string of the molecule is CN(CC1(CO)CCC1)c1cn(C)c2ccccc12. The number of aromatic nitrogens is 1. The number of benzene rings is 1. The van der Waals surface area contributed by atoms with Crippen molar-refractivity contribution >= 4 is 16.6 Å². The zero-order valence-corrected chi connectivity index (χ0v) is 11.8. The van der Waals surface area contributed by atoms with Crippen LogP contribution in [-0.2, 0) is 7.05 Å². The Bertz CT molecular complexity index is 578. The van der Waals surface area contributed by atoms with Gasteiger partial charge >= 0.3 is 0 Å². The van der Waals surface area contributed by atoms with E-state index in [-0.39, 0.29) is 5.41 Å². The van der Waals surface area contributed by atoms with Gasteiger partial charge in [0.1, 0.15) is 0 Å². The molecule has 1 aliphatic rings. The highest BCUT2D eigenvalue weighted by Gasteiger charge is 2.37. The number of aryl methyl sites for hydroxylation is 1. The minimum atomic E-state index is 0.131. The summed E-state index contributed by atoms with van der Waals surface area (Å²) in [4.78, 5) is 2.30. The third kappa shape index (κ3) is 2.02. The maximum atomic E-state index is 9.62. The van der Waals surface area contributed by atoms with Crippen molar-refractivity contribution in [3.8, 4) is 0 Å². The number of aliphatic hydroxyl groups is 1. The molecule has 0 radical (unpaired) electrons. The second kappa shape index (κ2) is 4.57. The first-order valence-corrected chi connectivity index (χ1v) is 7.01. The third-order valence-corrected chi connectivity index (χ3v) is 4.61. The molecular formula is C16H22N2O. The molecule has 0 saturated heterocycles. The quantitative estimate of drug-likeness (QED) is 0.913. The van der Waals surface area contributed by atoms with E-state index in [0.29, 0.717) is 6.61 Å². The lowest BCUT2D eigenvalue weighted by atomic mass is 9.69. The highest BCUT2D eigenvalue weighted by atomic mass is 16.3. The standard InChI is InChI=1S/C16H22N2O/c1-17-10-15(13-6-3-4-7-14(13)17)18(2)11-16(12-19)8-5-9-16/h3-4,6-7,10,19H,5,8-9,11-12H2,1-2H3. The number of nitrogens with zero attached hydrogens (tertiary/aromatic N) is 2. The number of anilines is 1. The second-order valence-corrected chi connectivity index (χ2v) is 6.01. The van der Waals surface area contributed by atoms with Crippen LogP contribution in [0.15, 0.2) is 30.5 Å². The molecule has 1 aliphatic carbocycles. The van der Waals surface area contributed by atoms with Gasteiger partial charge in [0.15, 0.2) is 0 Å². The largest absolute Gasteiger partial charge is 0.396 e. The predicted molar refractivity (Wildman–Crippen MR) is 79.6 cm³/mol. The highest BCUT2D eigenvalue weighted by Crippen LogP contribution is 2.42. The molecule has 1 aromatic heterocycles. The van der Waals surface area contributed by atoms with Crippen molar-refractivity contribution in [2.45, 2.75) is 19.3 Å². The first kappa shape index (κ1) is 12.5. The van der Waals surface area contributed by atoms with Crippen molar-refractivity contribution in [2.75, 3.05) is 25.1 Å².